The van der Waals surface area contributed by atoms with Gasteiger partial charge in [0.1, 0.15) is 6.61 Å². The van der Waals surface area contributed by atoms with Crippen LogP contribution in [-0.2, 0) is 4.74 Å². The van der Waals surface area contributed by atoms with Crippen LogP contribution in [-0.4, -0.2) is 36.8 Å². The molecule has 0 aliphatic heterocycles. The molecule has 0 radical (unpaired) electrons. The van der Waals surface area contributed by atoms with Crippen molar-refractivity contribution < 1.29 is 27.6 Å². The topological polar surface area (TPSA) is 81.5 Å². The summed E-state index contributed by atoms with van der Waals surface area (Å²) in [6, 6.07) is 3.27. The van der Waals surface area contributed by atoms with Gasteiger partial charge in [-0.1, -0.05) is 11.6 Å². The minimum atomic E-state index is -4.42. The van der Waals surface area contributed by atoms with E-state index >= 15 is 0 Å². The smallest absolute Gasteiger partial charge is 0.370 e. The SMILES string of the molecule is O=C(NCCOCC(F)(F)F)c1ccc([N+](=O)[O-])cc1Cl. The third-order valence-electron chi connectivity index (χ3n) is 2.21. The van der Waals surface area contributed by atoms with Crippen molar-refractivity contribution in [1.82, 2.24) is 5.32 Å². The minimum Gasteiger partial charge on any atom is -0.370 e. The van der Waals surface area contributed by atoms with Crippen molar-refractivity contribution in [2.24, 2.45) is 0 Å². The van der Waals surface area contributed by atoms with Crippen LogP contribution in [0.2, 0.25) is 5.02 Å². The van der Waals surface area contributed by atoms with E-state index in [0.29, 0.717) is 0 Å². The molecule has 6 nitrogen and oxygen atoms in total. The minimum absolute atomic E-state index is 0.0157. The Hall–Kier alpha value is -1.87. The second kappa shape index (κ2) is 7.23. The van der Waals surface area contributed by atoms with Crippen LogP contribution in [0.1, 0.15) is 10.4 Å². The third-order valence-corrected chi connectivity index (χ3v) is 2.52. The molecule has 0 saturated heterocycles. The number of hydrogen-bond acceptors (Lipinski definition) is 4. The average molecular weight is 327 g/mol. The van der Waals surface area contributed by atoms with Gasteiger partial charge >= 0.3 is 6.18 Å². The Morgan fingerprint density at radius 2 is 2.10 bits per heavy atom. The molecular formula is C11H10ClF3N2O4. The molecule has 0 spiro atoms. The fourth-order valence-corrected chi connectivity index (χ4v) is 1.58. The Morgan fingerprint density at radius 1 is 1.43 bits per heavy atom. The summed E-state index contributed by atoms with van der Waals surface area (Å²) in [5, 5.41) is 12.7. The van der Waals surface area contributed by atoms with E-state index in [1.165, 1.54) is 0 Å². The zero-order valence-electron chi connectivity index (χ0n) is 10.4. The van der Waals surface area contributed by atoms with E-state index in [4.69, 9.17) is 11.6 Å². The second-order valence-corrected chi connectivity index (χ2v) is 4.25. The van der Waals surface area contributed by atoms with Crippen LogP contribution >= 0.6 is 11.6 Å². The number of non-ortho nitro benzene ring substituents is 1. The first-order valence-corrected chi connectivity index (χ1v) is 5.95. The summed E-state index contributed by atoms with van der Waals surface area (Å²) in [6.07, 6.45) is -4.42. The first kappa shape index (κ1) is 17.2. The normalized spacial score (nSPS) is 11.2. The third kappa shape index (κ3) is 5.96. The lowest BCUT2D eigenvalue weighted by Gasteiger charge is -2.09. The van der Waals surface area contributed by atoms with Gasteiger partial charge in [0.15, 0.2) is 0 Å². The molecule has 1 N–H and O–H groups in total. The van der Waals surface area contributed by atoms with Crippen LogP contribution < -0.4 is 5.32 Å². The number of carbonyl (C=O) groups is 1. The predicted molar refractivity (Wildman–Crippen MR) is 67.3 cm³/mol. The molecule has 0 aromatic heterocycles. The number of halogens is 4. The van der Waals surface area contributed by atoms with Gasteiger partial charge in [0, 0.05) is 18.7 Å². The molecular weight excluding hydrogens is 317 g/mol. The number of benzene rings is 1. The highest BCUT2D eigenvalue weighted by Crippen LogP contribution is 2.22. The lowest BCUT2D eigenvalue weighted by Crippen LogP contribution is -2.29. The molecule has 0 saturated carbocycles. The first-order chi connectivity index (χ1) is 9.70. The summed E-state index contributed by atoms with van der Waals surface area (Å²) in [6.45, 7) is -1.88. The van der Waals surface area contributed by atoms with Crippen LogP contribution in [0.4, 0.5) is 18.9 Å². The molecule has 1 aromatic carbocycles. The molecule has 0 unspecified atom stereocenters. The highest BCUT2D eigenvalue weighted by molar-refractivity contribution is 6.34. The first-order valence-electron chi connectivity index (χ1n) is 5.57. The summed E-state index contributed by atoms with van der Waals surface area (Å²) in [5.74, 6) is -0.662. The number of hydrogen-bond donors (Lipinski definition) is 1. The molecule has 0 aliphatic rings. The number of nitrogens with one attached hydrogen (secondary N) is 1. The number of ether oxygens (including phenoxy) is 1. The van der Waals surface area contributed by atoms with E-state index in [1.807, 2.05) is 0 Å². The highest BCUT2D eigenvalue weighted by atomic mass is 35.5. The Labute approximate surface area is 122 Å². The average Bonchev–Trinajstić information content (AvgIpc) is 2.36. The van der Waals surface area contributed by atoms with E-state index in [0.717, 1.165) is 18.2 Å². The van der Waals surface area contributed by atoms with E-state index in [2.05, 4.69) is 10.1 Å². The monoisotopic (exact) mass is 326 g/mol. The van der Waals surface area contributed by atoms with Gasteiger partial charge in [0.25, 0.3) is 11.6 Å². The van der Waals surface area contributed by atoms with Crippen LogP contribution in [0.25, 0.3) is 0 Å². The standard InChI is InChI=1S/C11H10ClF3N2O4/c12-9-5-7(17(19)20)1-2-8(9)10(18)16-3-4-21-6-11(13,14)15/h1-2,5H,3-4,6H2,(H,16,18). The number of nitrogens with zero attached hydrogens (tertiary/aromatic N) is 1. The van der Waals surface area contributed by atoms with Crippen molar-refractivity contribution in [2.45, 2.75) is 6.18 Å². The molecule has 0 fully saturated rings. The number of alkyl halides is 3. The summed E-state index contributed by atoms with van der Waals surface area (Å²) >= 11 is 5.72. The molecule has 1 amide bonds. The van der Waals surface area contributed by atoms with E-state index in [1.54, 1.807) is 0 Å². The summed E-state index contributed by atoms with van der Waals surface area (Å²) < 4.78 is 39.6. The van der Waals surface area contributed by atoms with Gasteiger partial charge in [-0.2, -0.15) is 13.2 Å². The Bertz CT molecular complexity index is 537. The number of rotatable bonds is 6. The second-order valence-electron chi connectivity index (χ2n) is 3.84. The maximum atomic E-state index is 11.8. The van der Waals surface area contributed by atoms with E-state index in [9.17, 15) is 28.1 Å². The zero-order valence-corrected chi connectivity index (χ0v) is 11.2. The maximum Gasteiger partial charge on any atom is 0.411 e. The fourth-order valence-electron chi connectivity index (χ4n) is 1.32. The van der Waals surface area contributed by atoms with Crippen molar-refractivity contribution in [3.05, 3.63) is 38.9 Å². The van der Waals surface area contributed by atoms with Gasteiger partial charge in [-0.05, 0) is 6.07 Å². The van der Waals surface area contributed by atoms with Crippen molar-refractivity contribution in [3.8, 4) is 0 Å². The van der Waals surface area contributed by atoms with E-state index < -0.39 is 23.6 Å². The Kier molecular flexibility index (Phi) is 5.91. The quantitative estimate of drug-likeness (QED) is 0.495. The lowest BCUT2D eigenvalue weighted by atomic mass is 10.2. The molecule has 116 valence electrons. The van der Waals surface area contributed by atoms with Crippen molar-refractivity contribution in [3.63, 3.8) is 0 Å². The number of amides is 1. The molecule has 1 aromatic rings. The largest absolute Gasteiger partial charge is 0.411 e. The Morgan fingerprint density at radius 3 is 2.62 bits per heavy atom. The van der Waals surface area contributed by atoms with Gasteiger partial charge in [-0.15, -0.1) is 0 Å². The Balaban J connectivity index is 2.47. The fraction of sp³-hybridized carbons (Fsp3) is 0.364. The zero-order chi connectivity index (χ0) is 16.0. The van der Waals surface area contributed by atoms with Crippen molar-refractivity contribution in [2.75, 3.05) is 19.8 Å². The van der Waals surface area contributed by atoms with Gasteiger partial charge in [0.05, 0.1) is 22.1 Å². The van der Waals surface area contributed by atoms with Gasteiger partial charge in [-0.3, -0.25) is 14.9 Å². The van der Waals surface area contributed by atoms with Crippen molar-refractivity contribution >= 4 is 23.2 Å². The molecule has 0 atom stereocenters. The van der Waals surface area contributed by atoms with Crippen LogP contribution in [0.15, 0.2) is 18.2 Å². The summed E-state index contributed by atoms with van der Waals surface area (Å²) in [4.78, 5) is 21.5. The number of nitro benzene ring substituents is 1. The molecule has 1 rings (SSSR count). The van der Waals surface area contributed by atoms with Crippen molar-refractivity contribution in [1.29, 1.82) is 0 Å². The lowest BCUT2D eigenvalue weighted by molar-refractivity contribution is -0.384. The number of carbonyl (C=O) groups excluding carboxylic acids is 1. The molecule has 0 bridgehead atoms. The van der Waals surface area contributed by atoms with E-state index in [-0.39, 0.29) is 29.4 Å². The summed E-state index contributed by atoms with van der Waals surface area (Å²) in [7, 11) is 0. The van der Waals surface area contributed by atoms with Gasteiger partial charge in [-0.25, -0.2) is 0 Å². The highest BCUT2D eigenvalue weighted by Gasteiger charge is 2.27. The predicted octanol–water partition coefficient (Wildman–Crippen LogP) is 2.56. The summed E-state index contributed by atoms with van der Waals surface area (Å²) in [5.41, 5.74) is -0.289. The number of nitro groups is 1. The molecule has 21 heavy (non-hydrogen) atoms. The van der Waals surface area contributed by atoms with Gasteiger partial charge in [0.2, 0.25) is 0 Å². The molecule has 10 heteroatoms. The van der Waals surface area contributed by atoms with Crippen LogP contribution in [0.3, 0.4) is 0 Å². The van der Waals surface area contributed by atoms with Gasteiger partial charge < -0.3 is 10.1 Å². The van der Waals surface area contributed by atoms with Crippen LogP contribution in [0, 0.1) is 10.1 Å². The maximum absolute atomic E-state index is 11.8. The van der Waals surface area contributed by atoms with Crippen LogP contribution in [0.5, 0.6) is 0 Å². The molecule has 0 heterocycles. The molecule has 0 aliphatic carbocycles.